The minimum atomic E-state index is -0.668. The zero-order valence-electron chi connectivity index (χ0n) is 12.1. The van der Waals surface area contributed by atoms with E-state index < -0.39 is 10.9 Å². The maximum absolute atomic E-state index is 11.6. The van der Waals surface area contributed by atoms with Gasteiger partial charge in [0.1, 0.15) is 5.75 Å². The van der Waals surface area contributed by atoms with Crippen LogP contribution < -0.4 is 10.1 Å². The van der Waals surface area contributed by atoms with Gasteiger partial charge < -0.3 is 19.8 Å². The summed E-state index contributed by atoms with van der Waals surface area (Å²) in [6.45, 7) is 0.373. The van der Waals surface area contributed by atoms with Gasteiger partial charge in [0.25, 0.3) is 5.69 Å². The van der Waals surface area contributed by atoms with Crippen molar-refractivity contribution in [3.63, 3.8) is 0 Å². The number of nitro benzene ring substituents is 1. The molecule has 0 saturated carbocycles. The summed E-state index contributed by atoms with van der Waals surface area (Å²) in [5.74, 6) is -0.469. The van der Waals surface area contributed by atoms with E-state index in [0.717, 1.165) is 11.6 Å². The Balaban J connectivity index is 2.41. The Morgan fingerprint density at radius 2 is 2.18 bits per heavy atom. The number of benzene rings is 1. The van der Waals surface area contributed by atoms with Gasteiger partial charge in [-0.1, -0.05) is 0 Å². The predicted molar refractivity (Wildman–Crippen MR) is 79.1 cm³/mol. The number of nitrogens with zero attached hydrogens (tertiary/aromatic N) is 1. The van der Waals surface area contributed by atoms with E-state index in [1.54, 1.807) is 12.4 Å². The number of carbonyl (C=O) groups excluding carboxylic acids is 1. The Bertz CT molecular complexity index is 682. The maximum atomic E-state index is 11.6. The lowest BCUT2D eigenvalue weighted by Crippen LogP contribution is -2.08. The van der Waals surface area contributed by atoms with E-state index in [0.29, 0.717) is 6.54 Å². The predicted octanol–water partition coefficient (Wildman–Crippen LogP) is 2.33. The Kier molecular flexibility index (Phi) is 4.62. The van der Waals surface area contributed by atoms with Crippen LogP contribution in [0.2, 0.25) is 0 Å². The normalized spacial score (nSPS) is 10.1. The molecule has 8 nitrogen and oxygen atoms in total. The highest BCUT2D eigenvalue weighted by atomic mass is 16.6. The number of nitrogens with one attached hydrogen (secondary N) is 2. The standard InChI is InChI=1S/C14H15N3O5/c1-21-12-6-10(14(18)22-2)5-11(17(19)20)13(12)16-8-9-3-4-15-7-9/h3-7,15-16H,8H2,1-2H3. The molecule has 1 heterocycles. The Labute approximate surface area is 126 Å². The van der Waals surface area contributed by atoms with Crippen molar-refractivity contribution in [3.8, 4) is 5.75 Å². The molecule has 0 fully saturated rings. The Hall–Kier alpha value is -3.03. The van der Waals surface area contributed by atoms with Gasteiger partial charge in [-0.2, -0.15) is 0 Å². The minimum Gasteiger partial charge on any atom is -0.494 e. The maximum Gasteiger partial charge on any atom is 0.338 e. The van der Waals surface area contributed by atoms with Crippen molar-refractivity contribution in [2.24, 2.45) is 0 Å². The van der Waals surface area contributed by atoms with Crippen LogP contribution >= 0.6 is 0 Å². The van der Waals surface area contributed by atoms with Gasteiger partial charge in [0.2, 0.25) is 0 Å². The molecule has 2 N–H and O–H groups in total. The second-order valence-electron chi connectivity index (χ2n) is 4.39. The molecule has 0 aliphatic heterocycles. The van der Waals surface area contributed by atoms with Crippen LogP contribution in [-0.4, -0.2) is 30.1 Å². The van der Waals surface area contributed by atoms with Crippen LogP contribution in [0.15, 0.2) is 30.6 Å². The molecule has 1 aromatic carbocycles. The number of hydrogen-bond acceptors (Lipinski definition) is 6. The molecular formula is C14H15N3O5. The number of rotatable bonds is 6. The van der Waals surface area contributed by atoms with Crippen LogP contribution in [0, 0.1) is 10.1 Å². The topological polar surface area (TPSA) is 106 Å². The van der Waals surface area contributed by atoms with Gasteiger partial charge in [0.15, 0.2) is 5.69 Å². The van der Waals surface area contributed by atoms with Gasteiger partial charge in [-0.05, 0) is 17.7 Å². The molecule has 0 bridgehead atoms. The molecular weight excluding hydrogens is 290 g/mol. The van der Waals surface area contributed by atoms with Crippen LogP contribution in [0.4, 0.5) is 11.4 Å². The summed E-state index contributed by atoms with van der Waals surface area (Å²) in [7, 11) is 2.58. The van der Waals surface area contributed by atoms with Crippen LogP contribution in [-0.2, 0) is 11.3 Å². The molecule has 0 aliphatic rings. The summed E-state index contributed by atoms with van der Waals surface area (Å²) in [5, 5.41) is 14.2. The average molecular weight is 305 g/mol. The lowest BCUT2D eigenvalue weighted by atomic mass is 10.1. The van der Waals surface area contributed by atoms with E-state index in [-0.39, 0.29) is 22.7 Å². The zero-order valence-corrected chi connectivity index (χ0v) is 12.1. The summed E-state index contributed by atoms with van der Waals surface area (Å²) in [4.78, 5) is 25.2. The van der Waals surface area contributed by atoms with Crippen LogP contribution in [0.3, 0.4) is 0 Å². The van der Waals surface area contributed by atoms with E-state index in [1.165, 1.54) is 20.3 Å². The lowest BCUT2D eigenvalue weighted by molar-refractivity contribution is -0.384. The third-order valence-electron chi connectivity index (χ3n) is 3.05. The highest BCUT2D eigenvalue weighted by Gasteiger charge is 2.23. The number of carbonyl (C=O) groups is 1. The van der Waals surface area contributed by atoms with E-state index in [9.17, 15) is 14.9 Å². The van der Waals surface area contributed by atoms with Crippen LogP contribution in [0.1, 0.15) is 15.9 Å². The number of methoxy groups -OCH3 is 2. The lowest BCUT2D eigenvalue weighted by Gasteiger charge is -2.12. The molecule has 0 saturated heterocycles. The highest BCUT2D eigenvalue weighted by Crippen LogP contribution is 2.36. The molecule has 2 rings (SSSR count). The van der Waals surface area contributed by atoms with Crippen molar-refractivity contribution in [2.75, 3.05) is 19.5 Å². The second kappa shape index (κ2) is 6.61. The van der Waals surface area contributed by atoms with Gasteiger partial charge in [-0.25, -0.2) is 4.79 Å². The molecule has 0 amide bonds. The first-order valence-electron chi connectivity index (χ1n) is 6.37. The monoisotopic (exact) mass is 305 g/mol. The third-order valence-corrected chi connectivity index (χ3v) is 3.05. The number of H-pyrrole nitrogens is 1. The first kappa shape index (κ1) is 15.4. The number of anilines is 1. The summed E-state index contributed by atoms with van der Waals surface area (Å²) in [5.41, 5.74) is 0.934. The first-order chi connectivity index (χ1) is 10.6. The molecule has 0 atom stereocenters. The van der Waals surface area contributed by atoms with Crippen molar-refractivity contribution in [3.05, 3.63) is 51.8 Å². The molecule has 8 heteroatoms. The number of nitro groups is 1. The van der Waals surface area contributed by atoms with E-state index in [4.69, 9.17) is 4.74 Å². The SMILES string of the molecule is COC(=O)c1cc(OC)c(NCc2cc[nH]c2)c([N+](=O)[O-])c1. The van der Waals surface area contributed by atoms with Crippen molar-refractivity contribution < 1.29 is 19.2 Å². The summed E-state index contributed by atoms with van der Waals surface area (Å²) in [6, 6.07) is 4.40. The Morgan fingerprint density at radius 1 is 1.41 bits per heavy atom. The average Bonchev–Trinajstić information content (AvgIpc) is 3.04. The second-order valence-corrected chi connectivity index (χ2v) is 4.39. The fraction of sp³-hybridized carbons (Fsp3) is 0.214. The van der Waals surface area contributed by atoms with Crippen molar-refractivity contribution in [2.45, 2.75) is 6.54 Å². The van der Waals surface area contributed by atoms with Crippen molar-refractivity contribution in [1.82, 2.24) is 4.98 Å². The summed E-state index contributed by atoms with van der Waals surface area (Å²) < 4.78 is 9.75. The molecule has 116 valence electrons. The molecule has 2 aromatic rings. The first-order valence-corrected chi connectivity index (χ1v) is 6.37. The minimum absolute atomic E-state index is 0.0539. The molecule has 0 unspecified atom stereocenters. The number of aromatic amines is 1. The third kappa shape index (κ3) is 3.17. The smallest absolute Gasteiger partial charge is 0.338 e. The van der Waals surface area contributed by atoms with Gasteiger partial charge in [-0.3, -0.25) is 10.1 Å². The van der Waals surface area contributed by atoms with Crippen molar-refractivity contribution in [1.29, 1.82) is 0 Å². The number of ether oxygens (including phenoxy) is 2. The van der Waals surface area contributed by atoms with Crippen molar-refractivity contribution >= 4 is 17.3 Å². The molecule has 0 aliphatic carbocycles. The molecule has 0 spiro atoms. The van der Waals surface area contributed by atoms with E-state index >= 15 is 0 Å². The van der Waals surface area contributed by atoms with Gasteiger partial charge >= 0.3 is 5.97 Å². The molecule has 22 heavy (non-hydrogen) atoms. The van der Waals surface area contributed by atoms with Gasteiger partial charge in [0, 0.05) is 25.0 Å². The fourth-order valence-electron chi connectivity index (χ4n) is 1.98. The molecule has 1 aromatic heterocycles. The quantitative estimate of drug-likeness (QED) is 0.482. The molecule has 0 radical (unpaired) electrons. The van der Waals surface area contributed by atoms with Gasteiger partial charge in [0.05, 0.1) is 24.7 Å². The van der Waals surface area contributed by atoms with E-state index in [2.05, 4.69) is 15.0 Å². The highest BCUT2D eigenvalue weighted by molar-refractivity contribution is 5.92. The largest absolute Gasteiger partial charge is 0.494 e. The summed E-state index contributed by atoms with van der Waals surface area (Å²) in [6.07, 6.45) is 3.52. The van der Waals surface area contributed by atoms with Gasteiger partial charge in [-0.15, -0.1) is 0 Å². The number of hydrogen-bond donors (Lipinski definition) is 2. The summed E-state index contributed by atoms with van der Waals surface area (Å²) >= 11 is 0. The zero-order chi connectivity index (χ0) is 16.1. The number of aromatic nitrogens is 1. The Morgan fingerprint density at radius 3 is 2.73 bits per heavy atom. The van der Waals surface area contributed by atoms with Crippen LogP contribution in [0.5, 0.6) is 5.75 Å². The van der Waals surface area contributed by atoms with Crippen LogP contribution in [0.25, 0.3) is 0 Å². The van der Waals surface area contributed by atoms with E-state index in [1.807, 2.05) is 6.07 Å². The fourth-order valence-corrected chi connectivity index (χ4v) is 1.98. The number of esters is 1.